The molecule has 3 aliphatic rings. The number of benzene rings is 2. The van der Waals surface area contributed by atoms with Crippen molar-refractivity contribution in [1.29, 1.82) is 0 Å². The SMILES string of the molecule is CC1OC2=C(CCCO2)C1c1ccc2c(c1)Cc1ccccc1-2. The highest BCUT2D eigenvalue weighted by Crippen LogP contribution is 2.45. The molecular weight excluding hydrogens is 284 g/mol. The van der Waals surface area contributed by atoms with Gasteiger partial charge in [-0.3, -0.25) is 0 Å². The van der Waals surface area contributed by atoms with Crippen molar-refractivity contribution in [2.24, 2.45) is 0 Å². The van der Waals surface area contributed by atoms with Crippen molar-refractivity contribution in [3.63, 3.8) is 0 Å². The smallest absolute Gasteiger partial charge is 0.279 e. The van der Waals surface area contributed by atoms with Gasteiger partial charge >= 0.3 is 0 Å². The second kappa shape index (κ2) is 4.89. The van der Waals surface area contributed by atoms with Gasteiger partial charge in [0, 0.05) is 11.5 Å². The van der Waals surface area contributed by atoms with Crippen LogP contribution in [-0.2, 0) is 15.9 Å². The summed E-state index contributed by atoms with van der Waals surface area (Å²) >= 11 is 0. The molecule has 2 heterocycles. The summed E-state index contributed by atoms with van der Waals surface area (Å²) in [5.41, 5.74) is 8.41. The maximum atomic E-state index is 5.97. The second-order valence-corrected chi connectivity index (χ2v) is 6.82. The Morgan fingerprint density at radius 3 is 2.83 bits per heavy atom. The molecule has 0 spiro atoms. The van der Waals surface area contributed by atoms with E-state index in [0.29, 0.717) is 5.92 Å². The molecule has 0 aromatic heterocycles. The minimum Gasteiger partial charge on any atom is -0.465 e. The van der Waals surface area contributed by atoms with Gasteiger partial charge in [-0.05, 0) is 54.0 Å². The van der Waals surface area contributed by atoms with Crippen molar-refractivity contribution in [3.8, 4) is 11.1 Å². The highest BCUT2D eigenvalue weighted by atomic mass is 16.7. The van der Waals surface area contributed by atoms with Crippen LogP contribution in [0, 0.1) is 0 Å². The molecule has 2 aromatic rings. The fraction of sp³-hybridized carbons (Fsp3) is 0.333. The summed E-state index contributed by atoms with van der Waals surface area (Å²) in [6, 6.07) is 15.7. The Bertz CT molecular complexity index is 818. The van der Waals surface area contributed by atoms with Crippen LogP contribution >= 0.6 is 0 Å². The summed E-state index contributed by atoms with van der Waals surface area (Å²) in [7, 11) is 0. The van der Waals surface area contributed by atoms with Crippen molar-refractivity contribution in [2.45, 2.75) is 38.2 Å². The third kappa shape index (κ3) is 1.94. The first kappa shape index (κ1) is 13.2. The maximum Gasteiger partial charge on any atom is 0.279 e. The molecule has 2 heteroatoms. The molecule has 0 fully saturated rings. The van der Waals surface area contributed by atoms with Crippen LogP contribution in [0.1, 0.15) is 42.4 Å². The van der Waals surface area contributed by atoms with E-state index < -0.39 is 0 Å². The normalized spacial score (nSPS) is 24.6. The molecule has 0 saturated carbocycles. The van der Waals surface area contributed by atoms with Gasteiger partial charge in [-0.1, -0.05) is 42.5 Å². The zero-order chi connectivity index (χ0) is 15.4. The first-order valence-corrected chi connectivity index (χ1v) is 8.55. The van der Waals surface area contributed by atoms with Crippen LogP contribution in [0.4, 0.5) is 0 Å². The Kier molecular flexibility index (Phi) is 2.81. The van der Waals surface area contributed by atoms with Gasteiger partial charge in [0.25, 0.3) is 5.95 Å². The lowest BCUT2D eigenvalue weighted by atomic mass is 9.85. The monoisotopic (exact) mass is 304 g/mol. The van der Waals surface area contributed by atoms with Crippen molar-refractivity contribution in [1.82, 2.24) is 0 Å². The number of hydrogen-bond acceptors (Lipinski definition) is 2. The molecule has 2 aromatic carbocycles. The van der Waals surface area contributed by atoms with Crippen LogP contribution in [0.3, 0.4) is 0 Å². The summed E-state index contributed by atoms with van der Waals surface area (Å²) < 4.78 is 11.7. The summed E-state index contributed by atoms with van der Waals surface area (Å²) in [6.45, 7) is 2.95. The number of fused-ring (bicyclic) bond motifs is 3. The molecule has 0 bridgehead atoms. The van der Waals surface area contributed by atoms with Crippen molar-refractivity contribution >= 4 is 0 Å². The molecule has 0 saturated heterocycles. The van der Waals surface area contributed by atoms with E-state index in [1.807, 2.05) is 0 Å². The predicted octanol–water partition coefficient (Wildman–Crippen LogP) is 4.78. The summed E-state index contributed by atoms with van der Waals surface area (Å²) in [5.74, 6) is 1.15. The van der Waals surface area contributed by atoms with Gasteiger partial charge in [-0.2, -0.15) is 0 Å². The predicted molar refractivity (Wildman–Crippen MR) is 90.2 cm³/mol. The van der Waals surface area contributed by atoms with Gasteiger partial charge in [0.15, 0.2) is 0 Å². The van der Waals surface area contributed by atoms with Gasteiger partial charge in [0.2, 0.25) is 0 Å². The molecule has 23 heavy (non-hydrogen) atoms. The summed E-state index contributed by atoms with van der Waals surface area (Å²) in [6.07, 6.45) is 3.41. The van der Waals surface area contributed by atoms with Crippen LogP contribution in [0.5, 0.6) is 0 Å². The Morgan fingerprint density at radius 2 is 1.87 bits per heavy atom. The van der Waals surface area contributed by atoms with E-state index in [9.17, 15) is 0 Å². The highest BCUT2D eigenvalue weighted by molar-refractivity contribution is 5.77. The fourth-order valence-electron chi connectivity index (χ4n) is 4.37. The summed E-state index contributed by atoms with van der Waals surface area (Å²) in [5, 5.41) is 0. The van der Waals surface area contributed by atoms with E-state index in [2.05, 4.69) is 49.4 Å². The van der Waals surface area contributed by atoms with E-state index in [4.69, 9.17) is 9.47 Å². The molecule has 2 nitrogen and oxygen atoms in total. The Balaban J connectivity index is 1.56. The van der Waals surface area contributed by atoms with Crippen LogP contribution in [0.25, 0.3) is 11.1 Å². The molecular formula is C21H20O2. The average Bonchev–Trinajstić information content (AvgIpc) is 3.10. The Hall–Kier alpha value is -2.22. The maximum absolute atomic E-state index is 5.97. The van der Waals surface area contributed by atoms with Gasteiger partial charge in [0.1, 0.15) is 6.10 Å². The minimum absolute atomic E-state index is 0.167. The standard InChI is InChI=1S/C21H20O2/c1-13-20(19-7-4-10-22-21(19)23-13)15-8-9-18-16(12-15)11-14-5-2-3-6-17(14)18/h2-3,5-6,8-9,12-13,20H,4,7,10-11H2,1H3. The molecule has 2 atom stereocenters. The molecule has 1 aliphatic carbocycles. The largest absolute Gasteiger partial charge is 0.465 e. The minimum atomic E-state index is 0.167. The first-order valence-electron chi connectivity index (χ1n) is 8.55. The Morgan fingerprint density at radius 1 is 1.00 bits per heavy atom. The Labute approximate surface area is 136 Å². The van der Waals surface area contributed by atoms with Gasteiger partial charge in [-0.25, -0.2) is 0 Å². The zero-order valence-corrected chi connectivity index (χ0v) is 13.3. The third-order valence-corrected chi connectivity index (χ3v) is 5.40. The van der Waals surface area contributed by atoms with Gasteiger partial charge in [-0.15, -0.1) is 0 Å². The third-order valence-electron chi connectivity index (χ3n) is 5.40. The van der Waals surface area contributed by atoms with Gasteiger partial charge in [0.05, 0.1) is 6.61 Å². The van der Waals surface area contributed by atoms with Crippen LogP contribution < -0.4 is 0 Å². The fourth-order valence-corrected chi connectivity index (χ4v) is 4.37. The van der Waals surface area contributed by atoms with E-state index in [1.54, 1.807) is 0 Å². The lowest BCUT2D eigenvalue weighted by molar-refractivity contribution is 0.0121. The molecule has 5 rings (SSSR count). The van der Waals surface area contributed by atoms with Crippen molar-refractivity contribution < 1.29 is 9.47 Å². The lowest BCUT2D eigenvalue weighted by Gasteiger charge is -2.19. The lowest BCUT2D eigenvalue weighted by Crippen LogP contribution is -2.13. The van der Waals surface area contributed by atoms with Gasteiger partial charge < -0.3 is 9.47 Å². The first-order chi connectivity index (χ1) is 11.3. The molecule has 116 valence electrons. The highest BCUT2D eigenvalue weighted by Gasteiger charge is 2.38. The van der Waals surface area contributed by atoms with E-state index in [0.717, 1.165) is 31.8 Å². The molecule has 0 N–H and O–H groups in total. The van der Waals surface area contributed by atoms with Crippen LogP contribution in [-0.4, -0.2) is 12.7 Å². The number of ether oxygens (including phenoxy) is 2. The zero-order valence-electron chi connectivity index (χ0n) is 13.3. The molecule has 2 aliphatic heterocycles. The average molecular weight is 304 g/mol. The summed E-state index contributed by atoms with van der Waals surface area (Å²) in [4.78, 5) is 0. The van der Waals surface area contributed by atoms with E-state index in [-0.39, 0.29) is 6.10 Å². The second-order valence-electron chi connectivity index (χ2n) is 6.82. The number of rotatable bonds is 1. The van der Waals surface area contributed by atoms with Crippen molar-refractivity contribution in [2.75, 3.05) is 6.61 Å². The molecule has 0 radical (unpaired) electrons. The topological polar surface area (TPSA) is 18.5 Å². The number of hydrogen-bond donors (Lipinski definition) is 0. The van der Waals surface area contributed by atoms with Crippen molar-refractivity contribution in [3.05, 3.63) is 70.7 Å². The van der Waals surface area contributed by atoms with Crippen LogP contribution in [0.2, 0.25) is 0 Å². The molecule has 2 unspecified atom stereocenters. The van der Waals surface area contributed by atoms with E-state index >= 15 is 0 Å². The molecule has 0 amide bonds. The van der Waals surface area contributed by atoms with Crippen LogP contribution in [0.15, 0.2) is 54.0 Å². The quantitative estimate of drug-likeness (QED) is 0.644. The van der Waals surface area contributed by atoms with E-state index in [1.165, 1.54) is 33.4 Å².